The van der Waals surface area contributed by atoms with Crippen molar-refractivity contribution < 1.29 is 27.6 Å². The number of nitrogens with one attached hydrogen (secondary N) is 3. The highest BCUT2D eigenvalue weighted by molar-refractivity contribution is 7.99. The second kappa shape index (κ2) is 13.8. The summed E-state index contributed by atoms with van der Waals surface area (Å²) in [5.41, 5.74) is 3.12. The summed E-state index contributed by atoms with van der Waals surface area (Å²) in [4.78, 5) is 39.7. The van der Waals surface area contributed by atoms with Crippen molar-refractivity contribution in [2.75, 3.05) is 17.2 Å². The summed E-state index contributed by atoms with van der Waals surface area (Å²) in [7, 11) is 0. The average molecular weight is 599 g/mol. The monoisotopic (exact) mass is 598 g/mol. The molecule has 0 unspecified atom stereocenters. The Bertz CT molecular complexity index is 1430. The van der Waals surface area contributed by atoms with Gasteiger partial charge in [0.2, 0.25) is 5.91 Å². The van der Waals surface area contributed by atoms with E-state index in [9.17, 15) is 27.6 Å². The minimum atomic E-state index is -4.52. The van der Waals surface area contributed by atoms with E-state index in [2.05, 4.69) is 16.0 Å². The van der Waals surface area contributed by atoms with Crippen molar-refractivity contribution in [1.29, 1.82) is 0 Å². The van der Waals surface area contributed by atoms with Gasteiger partial charge in [0.25, 0.3) is 5.91 Å². The lowest BCUT2D eigenvalue weighted by molar-refractivity contribution is -0.137. The van der Waals surface area contributed by atoms with Crippen LogP contribution in [0.25, 0.3) is 11.1 Å². The van der Waals surface area contributed by atoms with E-state index in [1.807, 2.05) is 62.4 Å². The number of rotatable bonds is 9. The maximum absolute atomic E-state index is 13.7. The Morgan fingerprint density at radius 3 is 2.43 bits per heavy atom. The van der Waals surface area contributed by atoms with Gasteiger partial charge in [0.1, 0.15) is 6.04 Å². The molecule has 7 nitrogen and oxygen atoms in total. The normalized spacial score (nSPS) is 15.0. The van der Waals surface area contributed by atoms with Crippen LogP contribution in [0.5, 0.6) is 0 Å². The van der Waals surface area contributed by atoms with Gasteiger partial charge in [-0.25, -0.2) is 4.79 Å². The minimum absolute atomic E-state index is 0.110. The number of benzene rings is 3. The number of carbonyl (C=O) groups is 3. The number of hydrogen-bond acceptors (Lipinski definition) is 4. The van der Waals surface area contributed by atoms with Crippen molar-refractivity contribution in [1.82, 2.24) is 16.0 Å². The van der Waals surface area contributed by atoms with Crippen LogP contribution in [0, 0.1) is 0 Å². The Morgan fingerprint density at radius 1 is 1.00 bits per heavy atom. The molecule has 0 aliphatic carbocycles. The standard InChI is InChI=1S/C31H33F3N4O3S/c1-3-7-28(39)37-25-19-42-27-16-23(31(32,33)34)14-15-26(27)38(29(25)40)18-20-10-12-21(13-11-20)24-9-6-5-8-22(24)17-36-30(41)35-4-2/h5-6,8-16,25H,3-4,7,17-19H2,1-2H3,(H,37,39)(H2,35,36,41)/t25-/m1/s1. The molecule has 1 heterocycles. The van der Waals surface area contributed by atoms with Gasteiger partial charge in [0, 0.05) is 30.2 Å². The zero-order valence-electron chi connectivity index (χ0n) is 23.4. The summed E-state index contributed by atoms with van der Waals surface area (Å²) in [6, 6.07) is 17.5. The highest BCUT2D eigenvalue weighted by Crippen LogP contribution is 2.40. The van der Waals surface area contributed by atoms with Crippen LogP contribution in [0.2, 0.25) is 0 Å². The molecule has 0 spiro atoms. The van der Waals surface area contributed by atoms with E-state index in [0.29, 0.717) is 30.1 Å². The van der Waals surface area contributed by atoms with Crippen LogP contribution in [0.4, 0.5) is 23.7 Å². The fraction of sp³-hybridized carbons (Fsp3) is 0.323. The van der Waals surface area contributed by atoms with Crippen molar-refractivity contribution in [3.63, 3.8) is 0 Å². The molecule has 0 radical (unpaired) electrons. The number of nitrogens with zero attached hydrogens (tertiary/aromatic N) is 1. The van der Waals surface area contributed by atoms with Gasteiger partial charge < -0.3 is 20.9 Å². The summed E-state index contributed by atoms with van der Waals surface area (Å²) < 4.78 is 40.4. The van der Waals surface area contributed by atoms with Crippen LogP contribution >= 0.6 is 11.8 Å². The first-order valence-electron chi connectivity index (χ1n) is 13.7. The van der Waals surface area contributed by atoms with Crippen molar-refractivity contribution in [2.24, 2.45) is 0 Å². The Labute approximate surface area is 247 Å². The lowest BCUT2D eigenvalue weighted by atomic mass is 9.98. The second-order valence-electron chi connectivity index (χ2n) is 9.85. The third-order valence-electron chi connectivity index (χ3n) is 6.76. The first-order valence-corrected chi connectivity index (χ1v) is 14.7. The molecule has 4 amide bonds. The molecule has 1 aliphatic rings. The molecule has 222 valence electrons. The fourth-order valence-corrected chi connectivity index (χ4v) is 5.78. The first kappa shape index (κ1) is 31.0. The average Bonchev–Trinajstić information content (AvgIpc) is 3.08. The summed E-state index contributed by atoms with van der Waals surface area (Å²) in [6.45, 7) is 4.66. The lowest BCUT2D eigenvalue weighted by Crippen LogP contribution is -2.49. The predicted molar refractivity (Wildman–Crippen MR) is 158 cm³/mol. The molecular formula is C31H33F3N4O3S. The van der Waals surface area contributed by atoms with E-state index in [0.717, 1.165) is 46.1 Å². The molecule has 0 saturated heterocycles. The van der Waals surface area contributed by atoms with Gasteiger partial charge in [0.05, 0.1) is 17.8 Å². The molecule has 0 aromatic heterocycles. The van der Waals surface area contributed by atoms with Gasteiger partial charge in [-0.2, -0.15) is 13.2 Å². The molecule has 1 aliphatic heterocycles. The largest absolute Gasteiger partial charge is 0.416 e. The maximum Gasteiger partial charge on any atom is 0.416 e. The van der Waals surface area contributed by atoms with E-state index < -0.39 is 17.8 Å². The van der Waals surface area contributed by atoms with Crippen LogP contribution in [0.3, 0.4) is 0 Å². The van der Waals surface area contributed by atoms with Gasteiger partial charge in [-0.1, -0.05) is 55.5 Å². The molecule has 0 fully saturated rings. The van der Waals surface area contributed by atoms with E-state index in [-0.39, 0.29) is 36.6 Å². The number of hydrogen-bond donors (Lipinski definition) is 3. The SMILES string of the molecule is CCCC(=O)N[C@@H]1CSc2cc(C(F)(F)F)ccc2N(Cc2ccc(-c3ccccc3CNC(=O)NCC)cc2)C1=O. The van der Waals surface area contributed by atoms with Crippen molar-refractivity contribution in [3.8, 4) is 11.1 Å². The Balaban J connectivity index is 1.61. The number of alkyl halides is 3. The zero-order chi connectivity index (χ0) is 30.3. The molecule has 3 aromatic rings. The van der Waals surface area contributed by atoms with Gasteiger partial charge in [-0.15, -0.1) is 11.8 Å². The highest BCUT2D eigenvalue weighted by Gasteiger charge is 2.35. The van der Waals surface area contributed by atoms with E-state index in [4.69, 9.17) is 0 Å². The van der Waals surface area contributed by atoms with Gasteiger partial charge in [-0.3, -0.25) is 9.59 Å². The topological polar surface area (TPSA) is 90.5 Å². The Kier molecular flexibility index (Phi) is 10.2. The van der Waals surface area contributed by atoms with Gasteiger partial charge in [0.15, 0.2) is 0 Å². The number of carbonyl (C=O) groups excluding carboxylic acids is 3. The number of amides is 4. The molecule has 0 saturated carbocycles. The second-order valence-corrected chi connectivity index (χ2v) is 10.9. The third kappa shape index (κ3) is 7.64. The number of fused-ring (bicyclic) bond motifs is 1. The smallest absolute Gasteiger partial charge is 0.343 e. The molecule has 42 heavy (non-hydrogen) atoms. The summed E-state index contributed by atoms with van der Waals surface area (Å²) in [6.07, 6.45) is -3.66. The Morgan fingerprint density at radius 2 is 1.74 bits per heavy atom. The first-order chi connectivity index (χ1) is 20.1. The minimum Gasteiger partial charge on any atom is -0.343 e. The number of urea groups is 1. The predicted octanol–water partition coefficient (Wildman–Crippen LogP) is 6.12. The lowest BCUT2D eigenvalue weighted by Gasteiger charge is -2.26. The van der Waals surface area contributed by atoms with E-state index >= 15 is 0 Å². The molecule has 11 heteroatoms. The van der Waals surface area contributed by atoms with Crippen LogP contribution in [-0.2, 0) is 28.9 Å². The number of thioether (sulfide) groups is 1. The third-order valence-corrected chi connectivity index (χ3v) is 7.90. The number of halogens is 3. The highest BCUT2D eigenvalue weighted by atomic mass is 32.2. The quantitative estimate of drug-likeness (QED) is 0.277. The summed E-state index contributed by atoms with van der Waals surface area (Å²) in [5, 5.41) is 8.30. The zero-order valence-corrected chi connectivity index (χ0v) is 24.2. The van der Waals surface area contributed by atoms with Crippen LogP contribution in [0.15, 0.2) is 71.6 Å². The van der Waals surface area contributed by atoms with Crippen molar-refractivity contribution >= 4 is 35.3 Å². The van der Waals surface area contributed by atoms with Crippen LogP contribution in [-0.4, -0.2) is 36.2 Å². The van der Waals surface area contributed by atoms with E-state index in [1.165, 1.54) is 11.0 Å². The summed E-state index contributed by atoms with van der Waals surface area (Å²) in [5.74, 6) is -0.529. The van der Waals surface area contributed by atoms with Crippen molar-refractivity contribution in [2.45, 2.75) is 56.9 Å². The van der Waals surface area contributed by atoms with E-state index in [1.54, 1.807) is 0 Å². The summed E-state index contributed by atoms with van der Waals surface area (Å²) >= 11 is 1.13. The number of anilines is 1. The Hall–Kier alpha value is -3.99. The van der Waals surface area contributed by atoms with Crippen LogP contribution in [0.1, 0.15) is 43.4 Å². The fourth-order valence-electron chi connectivity index (χ4n) is 4.67. The van der Waals surface area contributed by atoms with Crippen molar-refractivity contribution in [3.05, 3.63) is 83.4 Å². The molecular weight excluding hydrogens is 565 g/mol. The molecule has 4 rings (SSSR count). The van der Waals surface area contributed by atoms with Crippen LogP contribution < -0.4 is 20.9 Å². The van der Waals surface area contributed by atoms with Gasteiger partial charge >= 0.3 is 12.2 Å². The maximum atomic E-state index is 13.7. The molecule has 3 aromatic carbocycles. The molecule has 0 bridgehead atoms. The molecule has 1 atom stereocenters. The van der Waals surface area contributed by atoms with Gasteiger partial charge in [-0.05, 0) is 53.8 Å². The molecule has 3 N–H and O–H groups in total.